The molecule has 3 rings (SSSR count). The van der Waals surface area contributed by atoms with E-state index in [-0.39, 0.29) is 30.2 Å². The summed E-state index contributed by atoms with van der Waals surface area (Å²) in [6.07, 6.45) is 2.93. The van der Waals surface area contributed by atoms with Crippen molar-refractivity contribution in [2.75, 3.05) is 0 Å². The number of fused-ring (bicyclic) bond motifs is 2. The van der Waals surface area contributed by atoms with Crippen LogP contribution in [0.5, 0.6) is 0 Å². The lowest BCUT2D eigenvalue weighted by atomic mass is 9.73. The van der Waals surface area contributed by atoms with E-state index in [0.29, 0.717) is 12.8 Å². The number of rotatable bonds is 2. The molecule has 1 aromatic carbocycles. The monoisotopic (exact) mass is 367 g/mol. The normalized spacial score (nSPS) is 28.8. The van der Waals surface area contributed by atoms with Crippen LogP contribution in [-0.2, 0) is 11.2 Å². The van der Waals surface area contributed by atoms with E-state index < -0.39 is 22.8 Å². The molecule has 2 bridgehead atoms. The first-order valence-corrected chi connectivity index (χ1v) is 9.24. The Labute approximate surface area is 153 Å². The molecule has 1 N–H and O–H groups in total. The highest BCUT2D eigenvalue weighted by Gasteiger charge is 2.48. The first-order chi connectivity index (χ1) is 12.1. The summed E-state index contributed by atoms with van der Waals surface area (Å²) >= 11 is 0. The van der Waals surface area contributed by atoms with Gasteiger partial charge in [-0.15, -0.1) is 0 Å². The van der Waals surface area contributed by atoms with E-state index in [4.69, 9.17) is 4.74 Å². The molecular formula is C20H27F2NO3. The second kappa shape index (κ2) is 6.80. The lowest BCUT2D eigenvalue weighted by Crippen LogP contribution is -2.61. The number of carbonyl (C=O) groups is 1. The summed E-state index contributed by atoms with van der Waals surface area (Å²) in [4.78, 5) is 14.4. The van der Waals surface area contributed by atoms with Crippen LogP contribution in [0.25, 0.3) is 0 Å². The van der Waals surface area contributed by atoms with Crippen molar-refractivity contribution in [1.82, 2.24) is 4.90 Å². The number of amides is 1. The van der Waals surface area contributed by atoms with Gasteiger partial charge >= 0.3 is 6.09 Å². The quantitative estimate of drug-likeness (QED) is 0.853. The summed E-state index contributed by atoms with van der Waals surface area (Å²) in [6.45, 7) is 5.48. The van der Waals surface area contributed by atoms with Crippen LogP contribution in [0.2, 0.25) is 0 Å². The van der Waals surface area contributed by atoms with Crippen molar-refractivity contribution in [3.05, 3.63) is 35.4 Å². The molecule has 6 heteroatoms. The molecule has 0 aliphatic carbocycles. The molecule has 2 unspecified atom stereocenters. The summed E-state index contributed by atoms with van der Waals surface area (Å²) in [5.74, 6) is -1.03. The maximum atomic E-state index is 14.0. The molecule has 0 spiro atoms. The summed E-state index contributed by atoms with van der Waals surface area (Å²) in [5, 5.41) is 11.1. The summed E-state index contributed by atoms with van der Waals surface area (Å²) < 4.78 is 33.0. The van der Waals surface area contributed by atoms with Crippen molar-refractivity contribution in [3.8, 4) is 0 Å². The molecule has 2 aliphatic rings. The molecule has 0 radical (unpaired) electrons. The van der Waals surface area contributed by atoms with Crippen LogP contribution < -0.4 is 0 Å². The Balaban J connectivity index is 1.78. The number of hydrogen-bond donors (Lipinski definition) is 1. The topological polar surface area (TPSA) is 49.8 Å². The van der Waals surface area contributed by atoms with E-state index in [1.807, 2.05) is 20.8 Å². The number of benzene rings is 1. The third-order valence-electron chi connectivity index (χ3n) is 5.22. The Bertz CT molecular complexity index is 672. The van der Waals surface area contributed by atoms with E-state index in [1.165, 1.54) is 0 Å². The fourth-order valence-electron chi connectivity index (χ4n) is 4.32. The second-order valence-corrected chi connectivity index (χ2v) is 8.67. The molecule has 2 heterocycles. The third-order valence-corrected chi connectivity index (χ3v) is 5.22. The minimum atomic E-state index is -1.15. The average Bonchev–Trinajstić information content (AvgIpc) is 2.48. The van der Waals surface area contributed by atoms with E-state index in [1.54, 1.807) is 4.90 Å². The summed E-state index contributed by atoms with van der Waals surface area (Å²) in [5.41, 5.74) is -1.55. The number of nitrogens with zero attached hydrogens (tertiary/aromatic N) is 1. The Kier molecular flexibility index (Phi) is 4.99. The zero-order chi connectivity index (χ0) is 19.1. The van der Waals surface area contributed by atoms with Crippen molar-refractivity contribution >= 4 is 6.09 Å². The number of ether oxygens (including phenoxy) is 1. The number of hydrogen-bond acceptors (Lipinski definition) is 3. The zero-order valence-corrected chi connectivity index (χ0v) is 15.6. The van der Waals surface area contributed by atoms with Gasteiger partial charge < -0.3 is 14.7 Å². The van der Waals surface area contributed by atoms with E-state index in [0.717, 1.165) is 37.5 Å². The molecule has 2 saturated heterocycles. The van der Waals surface area contributed by atoms with E-state index >= 15 is 0 Å². The van der Waals surface area contributed by atoms with Crippen LogP contribution in [0.15, 0.2) is 18.2 Å². The van der Waals surface area contributed by atoms with Crippen LogP contribution in [0, 0.1) is 11.6 Å². The number of aliphatic hydroxyl groups is 1. The molecular weight excluding hydrogens is 340 g/mol. The first-order valence-electron chi connectivity index (χ1n) is 9.24. The predicted octanol–water partition coefficient (Wildman–Crippen LogP) is 4.19. The third kappa shape index (κ3) is 4.17. The fraction of sp³-hybridized carbons (Fsp3) is 0.650. The highest BCUT2D eigenvalue weighted by atomic mass is 19.1. The smallest absolute Gasteiger partial charge is 0.410 e. The summed E-state index contributed by atoms with van der Waals surface area (Å²) in [7, 11) is 0. The van der Waals surface area contributed by atoms with Crippen LogP contribution in [0.4, 0.5) is 13.6 Å². The average molecular weight is 367 g/mol. The molecule has 144 valence electrons. The highest BCUT2D eigenvalue weighted by Crippen LogP contribution is 2.41. The molecule has 1 amide bonds. The minimum absolute atomic E-state index is 0.0474. The molecule has 2 atom stereocenters. The van der Waals surface area contributed by atoms with Crippen molar-refractivity contribution < 1.29 is 23.4 Å². The van der Waals surface area contributed by atoms with Crippen LogP contribution in [-0.4, -0.2) is 39.4 Å². The van der Waals surface area contributed by atoms with Gasteiger partial charge in [0.2, 0.25) is 0 Å². The second-order valence-electron chi connectivity index (χ2n) is 8.67. The van der Waals surface area contributed by atoms with Crippen molar-refractivity contribution in [1.29, 1.82) is 0 Å². The molecule has 0 saturated carbocycles. The van der Waals surface area contributed by atoms with Gasteiger partial charge in [-0.25, -0.2) is 13.6 Å². The van der Waals surface area contributed by atoms with Gasteiger partial charge in [0.15, 0.2) is 0 Å². The summed E-state index contributed by atoms with van der Waals surface area (Å²) in [6, 6.07) is 3.02. The van der Waals surface area contributed by atoms with Gasteiger partial charge in [0.25, 0.3) is 0 Å². The SMILES string of the molecule is CC(C)(C)OC(=O)N1C2CCCC1CC(O)(Cc1cc(F)ccc1F)C2. The Morgan fingerprint density at radius 1 is 1.27 bits per heavy atom. The minimum Gasteiger partial charge on any atom is -0.444 e. The first kappa shape index (κ1) is 19.1. The fourth-order valence-corrected chi connectivity index (χ4v) is 4.32. The van der Waals surface area contributed by atoms with Gasteiger partial charge in [0, 0.05) is 18.5 Å². The number of carbonyl (C=O) groups excluding carboxylic acids is 1. The number of halogens is 2. The maximum absolute atomic E-state index is 14.0. The van der Waals surface area contributed by atoms with Crippen molar-refractivity contribution in [2.24, 2.45) is 0 Å². The lowest BCUT2D eigenvalue weighted by Gasteiger charge is -2.51. The van der Waals surface area contributed by atoms with Gasteiger partial charge in [-0.1, -0.05) is 0 Å². The van der Waals surface area contributed by atoms with E-state index in [9.17, 15) is 18.7 Å². The van der Waals surface area contributed by atoms with Crippen LogP contribution in [0.3, 0.4) is 0 Å². The van der Waals surface area contributed by atoms with Crippen LogP contribution >= 0.6 is 0 Å². The molecule has 2 fully saturated rings. The molecule has 2 aliphatic heterocycles. The van der Waals surface area contributed by atoms with Crippen molar-refractivity contribution in [3.63, 3.8) is 0 Å². The molecule has 0 aromatic heterocycles. The molecule has 26 heavy (non-hydrogen) atoms. The van der Waals surface area contributed by atoms with Gasteiger partial charge in [0.1, 0.15) is 17.2 Å². The van der Waals surface area contributed by atoms with Gasteiger partial charge in [0.05, 0.1) is 5.60 Å². The van der Waals surface area contributed by atoms with Crippen LogP contribution in [0.1, 0.15) is 58.4 Å². The van der Waals surface area contributed by atoms with Gasteiger partial charge in [-0.05, 0) is 76.6 Å². The standard InChI is InChI=1S/C20H27F2NO3/c1-19(2,3)26-18(24)23-15-5-4-6-16(23)12-20(25,11-15)10-13-9-14(21)7-8-17(13)22/h7-9,15-16,25H,4-6,10-12H2,1-3H3. The largest absolute Gasteiger partial charge is 0.444 e. The van der Waals surface area contributed by atoms with Gasteiger partial charge in [-0.2, -0.15) is 0 Å². The Hall–Kier alpha value is -1.69. The van der Waals surface area contributed by atoms with E-state index in [2.05, 4.69) is 0 Å². The highest BCUT2D eigenvalue weighted by molar-refractivity contribution is 5.69. The predicted molar refractivity (Wildman–Crippen MR) is 93.7 cm³/mol. The van der Waals surface area contributed by atoms with Gasteiger partial charge in [-0.3, -0.25) is 0 Å². The molecule has 4 nitrogen and oxygen atoms in total. The van der Waals surface area contributed by atoms with Crippen molar-refractivity contribution in [2.45, 2.75) is 82.6 Å². The molecule has 1 aromatic rings. The Morgan fingerprint density at radius 3 is 2.46 bits per heavy atom. The maximum Gasteiger partial charge on any atom is 0.410 e. The number of piperidine rings is 2. The zero-order valence-electron chi connectivity index (χ0n) is 15.6. The lowest BCUT2D eigenvalue weighted by molar-refractivity contribution is -0.0922. The Morgan fingerprint density at radius 2 is 1.88 bits per heavy atom.